The topological polar surface area (TPSA) is 59.4 Å². The molecule has 1 heterocycles. The van der Waals surface area contributed by atoms with Crippen LogP contribution in [0, 0.1) is 20.8 Å². The van der Waals surface area contributed by atoms with Gasteiger partial charge in [-0.1, -0.05) is 0 Å². The van der Waals surface area contributed by atoms with Gasteiger partial charge in [0.2, 0.25) is 0 Å². The van der Waals surface area contributed by atoms with E-state index >= 15 is 0 Å². The highest BCUT2D eigenvalue weighted by Crippen LogP contribution is 2.33. The molecular formula is C16H17NO3. The first-order valence-electron chi connectivity index (χ1n) is 6.30. The quantitative estimate of drug-likeness (QED) is 0.929. The molecule has 0 unspecified atom stereocenters. The SMILES string of the molecule is COc1c(C)cc(-c2cc(C(=O)O)ccn2)c(C)c1C. The van der Waals surface area contributed by atoms with Crippen LogP contribution in [-0.4, -0.2) is 23.2 Å². The van der Waals surface area contributed by atoms with Crippen LogP contribution in [0.3, 0.4) is 0 Å². The second kappa shape index (κ2) is 5.33. The Morgan fingerprint density at radius 2 is 1.90 bits per heavy atom. The Balaban J connectivity index is 2.64. The molecule has 2 aromatic rings. The Hall–Kier alpha value is -2.36. The number of carbonyl (C=O) groups is 1. The minimum absolute atomic E-state index is 0.237. The van der Waals surface area contributed by atoms with E-state index in [1.807, 2.05) is 26.8 Å². The van der Waals surface area contributed by atoms with Crippen LogP contribution >= 0.6 is 0 Å². The molecule has 0 spiro atoms. The van der Waals surface area contributed by atoms with E-state index in [0.29, 0.717) is 5.69 Å². The van der Waals surface area contributed by atoms with Crippen molar-refractivity contribution in [3.05, 3.63) is 46.6 Å². The zero-order chi connectivity index (χ0) is 14.9. The molecule has 0 saturated heterocycles. The summed E-state index contributed by atoms with van der Waals surface area (Å²) in [6.45, 7) is 5.95. The average Bonchev–Trinajstić information content (AvgIpc) is 2.43. The summed E-state index contributed by atoms with van der Waals surface area (Å²) in [7, 11) is 1.65. The van der Waals surface area contributed by atoms with Crippen molar-refractivity contribution in [1.82, 2.24) is 4.98 Å². The molecule has 0 radical (unpaired) electrons. The molecule has 4 nitrogen and oxygen atoms in total. The number of carboxylic acid groups (broad SMARTS) is 1. The summed E-state index contributed by atoms with van der Waals surface area (Å²) < 4.78 is 5.39. The number of rotatable bonds is 3. The number of aromatic carboxylic acids is 1. The molecule has 0 bridgehead atoms. The maximum atomic E-state index is 11.1. The molecule has 0 amide bonds. The molecule has 0 saturated carbocycles. The van der Waals surface area contributed by atoms with Crippen LogP contribution < -0.4 is 4.74 Å². The Morgan fingerprint density at radius 3 is 2.50 bits per heavy atom. The van der Waals surface area contributed by atoms with E-state index in [4.69, 9.17) is 9.84 Å². The summed E-state index contributed by atoms with van der Waals surface area (Å²) in [5.74, 6) is -0.0890. The summed E-state index contributed by atoms with van der Waals surface area (Å²) in [5, 5.41) is 9.07. The first kappa shape index (κ1) is 14.1. The fourth-order valence-electron chi connectivity index (χ4n) is 2.35. The number of pyridine rings is 1. The molecule has 4 heteroatoms. The summed E-state index contributed by atoms with van der Waals surface area (Å²) in [5.41, 5.74) is 4.93. The van der Waals surface area contributed by atoms with Gasteiger partial charge in [-0.05, 0) is 55.7 Å². The third-order valence-electron chi connectivity index (χ3n) is 3.51. The van der Waals surface area contributed by atoms with Crippen LogP contribution in [0.1, 0.15) is 27.0 Å². The summed E-state index contributed by atoms with van der Waals surface area (Å²) in [4.78, 5) is 15.3. The van der Waals surface area contributed by atoms with Crippen molar-refractivity contribution in [2.45, 2.75) is 20.8 Å². The number of methoxy groups -OCH3 is 1. The number of ether oxygens (including phenoxy) is 1. The van der Waals surface area contributed by atoms with Crippen molar-refractivity contribution in [3.63, 3.8) is 0 Å². The zero-order valence-electron chi connectivity index (χ0n) is 12.0. The lowest BCUT2D eigenvalue weighted by molar-refractivity contribution is 0.0697. The van der Waals surface area contributed by atoms with Gasteiger partial charge in [-0.15, -0.1) is 0 Å². The first-order chi connectivity index (χ1) is 9.45. The third kappa shape index (κ3) is 2.37. The van der Waals surface area contributed by atoms with Gasteiger partial charge in [-0.3, -0.25) is 4.98 Å². The number of nitrogens with zero attached hydrogens (tertiary/aromatic N) is 1. The van der Waals surface area contributed by atoms with Gasteiger partial charge in [0, 0.05) is 11.8 Å². The maximum Gasteiger partial charge on any atom is 0.335 e. The van der Waals surface area contributed by atoms with E-state index in [1.165, 1.54) is 12.3 Å². The molecule has 0 aliphatic rings. The van der Waals surface area contributed by atoms with Crippen LogP contribution in [0.2, 0.25) is 0 Å². The molecule has 2 rings (SSSR count). The highest BCUT2D eigenvalue weighted by Gasteiger charge is 2.14. The Kier molecular flexibility index (Phi) is 3.74. The van der Waals surface area contributed by atoms with E-state index in [2.05, 4.69) is 4.98 Å². The van der Waals surface area contributed by atoms with Crippen LogP contribution in [0.25, 0.3) is 11.3 Å². The van der Waals surface area contributed by atoms with Gasteiger partial charge in [-0.25, -0.2) is 4.79 Å². The number of aromatic nitrogens is 1. The number of aryl methyl sites for hydroxylation is 1. The van der Waals surface area contributed by atoms with Crippen molar-refractivity contribution in [1.29, 1.82) is 0 Å². The lowest BCUT2D eigenvalue weighted by Gasteiger charge is -2.15. The smallest absolute Gasteiger partial charge is 0.335 e. The van der Waals surface area contributed by atoms with Crippen molar-refractivity contribution >= 4 is 5.97 Å². The first-order valence-corrected chi connectivity index (χ1v) is 6.30. The lowest BCUT2D eigenvalue weighted by atomic mass is 9.96. The summed E-state index contributed by atoms with van der Waals surface area (Å²) in [6.07, 6.45) is 1.52. The molecule has 1 N–H and O–H groups in total. The molecule has 0 fully saturated rings. The largest absolute Gasteiger partial charge is 0.496 e. The maximum absolute atomic E-state index is 11.1. The van der Waals surface area contributed by atoms with E-state index in [-0.39, 0.29) is 5.56 Å². The molecular weight excluding hydrogens is 254 g/mol. The second-order valence-electron chi connectivity index (χ2n) is 4.76. The van der Waals surface area contributed by atoms with Gasteiger partial charge in [0.05, 0.1) is 18.4 Å². The monoisotopic (exact) mass is 271 g/mol. The fourth-order valence-corrected chi connectivity index (χ4v) is 2.35. The van der Waals surface area contributed by atoms with E-state index < -0.39 is 5.97 Å². The number of hydrogen-bond donors (Lipinski definition) is 1. The second-order valence-corrected chi connectivity index (χ2v) is 4.76. The molecule has 104 valence electrons. The molecule has 1 aromatic carbocycles. The third-order valence-corrected chi connectivity index (χ3v) is 3.51. The number of carboxylic acids is 1. The molecule has 0 atom stereocenters. The predicted octanol–water partition coefficient (Wildman–Crippen LogP) is 3.38. The van der Waals surface area contributed by atoms with Crippen molar-refractivity contribution in [2.24, 2.45) is 0 Å². The van der Waals surface area contributed by atoms with Gasteiger partial charge < -0.3 is 9.84 Å². The van der Waals surface area contributed by atoms with Crippen LogP contribution in [-0.2, 0) is 0 Å². The highest BCUT2D eigenvalue weighted by atomic mass is 16.5. The van der Waals surface area contributed by atoms with Crippen molar-refractivity contribution in [3.8, 4) is 17.0 Å². The van der Waals surface area contributed by atoms with Gasteiger partial charge >= 0.3 is 5.97 Å². The normalized spacial score (nSPS) is 10.4. The van der Waals surface area contributed by atoms with Crippen LogP contribution in [0.5, 0.6) is 5.75 Å². The standard InChI is InChI=1S/C16H17NO3/c1-9-7-13(10(2)11(3)15(9)20-4)14-8-12(16(18)19)5-6-17-14/h5-8H,1-4H3,(H,18,19). The van der Waals surface area contributed by atoms with E-state index in [9.17, 15) is 4.79 Å². The summed E-state index contributed by atoms with van der Waals surface area (Å²) >= 11 is 0. The minimum atomic E-state index is -0.951. The average molecular weight is 271 g/mol. The summed E-state index contributed by atoms with van der Waals surface area (Å²) in [6, 6.07) is 5.07. The lowest BCUT2D eigenvalue weighted by Crippen LogP contribution is -2.00. The van der Waals surface area contributed by atoms with E-state index in [0.717, 1.165) is 28.0 Å². The molecule has 20 heavy (non-hydrogen) atoms. The highest BCUT2D eigenvalue weighted by molar-refractivity contribution is 5.89. The van der Waals surface area contributed by atoms with Crippen molar-refractivity contribution < 1.29 is 14.6 Å². The number of hydrogen-bond acceptors (Lipinski definition) is 3. The molecule has 1 aromatic heterocycles. The van der Waals surface area contributed by atoms with Crippen molar-refractivity contribution in [2.75, 3.05) is 7.11 Å². The minimum Gasteiger partial charge on any atom is -0.496 e. The van der Waals surface area contributed by atoms with E-state index in [1.54, 1.807) is 13.2 Å². The Bertz CT molecular complexity index is 678. The van der Waals surface area contributed by atoms with Gasteiger partial charge in [0.25, 0.3) is 0 Å². The molecule has 0 aliphatic carbocycles. The van der Waals surface area contributed by atoms with Crippen LogP contribution in [0.4, 0.5) is 0 Å². The fraction of sp³-hybridized carbons (Fsp3) is 0.250. The van der Waals surface area contributed by atoms with Crippen LogP contribution in [0.15, 0.2) is 24.4 Å². The zero-order valence-corrected chi connectivity index (χ0v) is 12.0. The van der Waals surface area contributed by atoms with Gasteiger partial charge in [0.15, 0.2) is 0 Å². The number of benzene rings is 1. The Labute approximate surface area is 118 Å². The molecule has 0 aliphatic heterocycles. The Morgan fingerprint density at radius 1 is 1.20 bits per heavy atom. The van der Waals surface area contributed by atoms with Gasteiger partial charge in [0.1, 0.15) is 5.75 Å². The predicted molar refractivity (Wildman–Crippen MR) is 77.4 cm³/mol. The van der Waals surface area contributed by atoms with Gasteiger partial charge in [-0.2, -0.15) is 0 Å².